The van der Waals surface area contributed by atoms with E-state index in [1.54, 1.807) is 12.3 Å². The van der Waals surface area contributed by atoms with E-state index >= 15 is 0 Å². The molecule has 0 aliphatic heterocycles. The number of carbonyl (C=O) groups is 2. The Kier molecular flexibility index (Phi) is 3.19. The van der Waals surface area contributed by atoms with Gasteiger partial charge in [0, 0.05) is 11.4 Å². The summed E-state index contributed by atoms with van der Waals surface area (Å²) < 4.78 is 4.79. The molecule has 86 valence electrons. The summed E-state index contributed by atoms with van der Waals surface area (Å²) in [5.74, 6) is -0.688. The van der Waals surface area contributed by atoms with Gasteiger partial charge in [-0.05, 0) is 19.8 Å². The normalized spacial score (nSPS) is 14.6. The van der Waals surface area contributed by atoms with E-state index in [9.17, 15) is 9.59 Å². The predicted octanol–water partition coefficient (Wildman–Crippen LogP) is 1.21. The second-order valence-corrected chi connectivity index (χ2v) is 4.36. The third-order valence-electron chi connectivity index (χ3n) is 2.10. The van der Waals surface area contributed by atoms with E-state index in [2.05, 4.69) is 10.3 Å². The van der Waals surface area contributed by atoms with Gasteiger partial charge in [0.05, 0.1) is 6.61 Å². The van der Waals surface area contributed by atoms with Crippen LogP contribution in [0.2, 0.25) is 0 Å². The SMILES string of the molecule is CCOC(=O)c1nc(C(=O)NC2CC2)cs1. The summed E-state index contributed by atoms with van der Waals surface area (Å²) >= 11 is 1.13. The molecule has 1 aliphatic rings. The van der Waals surface area contributed by atoms with Crippen molar-refractivity contribution in [3.8, 4) is 0 Å². The highest BCUT2D eigenvalue weighted by atomic mass is 32.1. The summed E-state index contributed by atoms with van der Waals surface area (Å²) in [6.07, 6.45) is 2.06. The molecule has 1 aromatic rings. The van der Waals surface area contributed by atoms with Crippen LogP contribution >= 0.6 is 11.3 Å². The molecule has 0 atom stereocenters. The smallest absolute Gasteiger partial charge is 0.367 e. The van der Waals surface area contributed by atoms with Gasteiger partial charge in [0.25, 0.3) is 5.91 Å². The van der Waals surface area contributed by atoms with Crippen molar-refractivity contribution in [2.45, 2.75) is 25.8 Å². The zero-order valence-corrected chi connectivity index (χ0v) is 9.67. The first-order chi connectivity index (χ1) is 7.70. The Morgan fingerprint density at radius 3 is 3.00 bits per heavy atom. The van der Waals surface area contributed by atoms with Crippen molar-refractivity contribution >= 4 is 23.2 Å². The largest absolute Gasteiger partial charge is 0.461 e. The number of hydrogen-bond donors (Lipinski definition) is 1. The topological polar surface area (TPSA) is 68.3 Å². The first-order valence-corrected chi connectivity index (χ1v) is 6.02. The standard InChI is InChI=1S/C10H12N2O3S/c1-2-15-10(14)9-12-7(5-16-9)8(13)11-6-3-4-6/h5-6H,2-4H2,1H3,(H,11,13). The maximum atomic E-state index is 11.6. The lowest BCUT2D eigenvalue weighted by atomic mass is 10.4. The van der Waals surface area contributed by atoms with Crippen LogP contribution in [0.1, 0.15) is 40.1 Å². The summed E-state index contributed by atoms with van der Waals surface area (Å²) in [4.78, 5) is 26.8. The first kappa shape index (κ1) is 11.1. The number of carbonyl (C=O) groups excluding carboxylic acids is 2. The second-order valence-electron chi connectivity index (χ2n) is 3.51. The van der Waals surface area contributed by atoms with Crippen molar-refractivity contribution in [1.82, 2.24) is 10.3 Å². The van der Waals surface area contributed by atoms with E-state index in [1.165, 1.54) is 0 Å². The molecule has 1 aliphatic carbocycles. The third kappa shape index (κ3) is 2.57. The lowest BCUT2D eigenvalue weighted by Gasteiger charge is -1.98. The van der Waals surface area contributed by atoms with Crippen LogP contribution in [-0.2, 0) is 4.74 Å². The molecule has 1 heterocycles. The number of amides is 1. The van der Waals surface area contributed by atoms with E-state index in [4.69, 9.17) is 4.74 Å². The van der Waals surface area contributed by atoms with Gasteiger partial charge in [0.1, 0.15) is 5.69 Å². The number of nitrogens with one attached hydrogen (secondary N) is 1. The Bertz CT molecular complexity index is 412. The minimum atomic E-state index is -0.474. The van der Waals surface area contributed by atoms with E-state index < -0.39 is 5.97 Å². The van der Waals surface area contributed by atoms with Gasteiger partial charge in [0.15, 0.2) is 0 Å². The van der Waals surface area contributed by atoms with Crippen LogP contribution in [-0.4, -0.2) is 29.5 Å². The molecule has 6 heteroatoms. The molecule has 0 bridgehead atoms. The molecule has 0 spiro atoms. The van der Waals surface area contributed by atoms with Crippen molar-refractivity contribution in [1.29, 1.82) is 0 Å². The molecule has 1 amide bonds. The molecule has 16 heavy (non-hydrogen) atoms. The van der Waals surface area contributed by atoms with Crippen molar-refractivity contribution in [2.75, 3.05) is 6.61 Å². The number of nitrogens with zero attached hydrogens (tertiary/aromatic N) is 1. The van der Waals surface area contributed by atoms with Gasteiger partial charge in [-0.3, -0.25) is 4.79 Å². The molecule has 0 radical (unpaired) electrons. The molecule has 1 fully saturated rings. The van der Waals surface area contributed by atoms with E-state index in [-0.39, 0.29) is 10.9 Å². The van der Waals surface area contributed by atoms with Gasteiger partial charge in [-0.15, -0.1) is 11.3 Å². The zero-order valence-electron chi connectivity index (χ0n) is 8.86. The van der Waals surface area contributed by atoms with Gasteiger partial charge >= 0.3 is 5.97 Å². The number of ether oxygens (including phenoxy) is 1. The summed E-state index contributed by atoms with van der Waals surface area (Å²) in [5.41, 5.74) is 0.292. The van der Waals surface area contributed by atoms with Crippen molar-refractivity contribution in [3.63, 3.8) is 0 Å². The minimum Gasteiger partial charge on any atom is -0.461 e. The maximum Gasteiger partial charge on any atom is 0.367 e. The highest BCUT2D eigenvalue weighted by molar-refractivity contribution is 7.11. The van der Waals surface area contributed by atoms with E-state index in [0.717, 1.165) is 24.2 Å². The molecule has 1 N–H and O–H groups in total. The number of thiazole rings is 1. The predicted molar refractivity (Wildman–Crippen MR) is 58.6 cm³/mol. The van der Waals surface area contributed by atoms with Gasteiger partial charge in [0.2, 0.25) is 5.01 Å². The average molecular weight is 240 g/mol. The van der Waals surface area contributed by atoms with Crippen LogP contribution in [0.25, 0.3) is 0 Å². The molecule has 1 aromatic heterocycles. The molecule has 0 aromatic carbocycles. The monoisotopic (exact) mass is 240 g/mol. The van der Waals surface area contributed by atoms with Gasteiger partial charge in [-0.25, -0.2) is 9.78 Å². The van der Waals surface area contributed by atoms with Crippen LogP contribution in [0.4, 0.5) is 0 Å². The van der Waals surface area contributed by atoms with E-state index in [1.807, 2.05) is 0 Å². The lowest BCUT2D eigenvalue weighted by Crippen LogP contribution is -2.25. The molecular weight excluding hydrogens is 228 g/mol. The van der Waals surface area contributed by atoms with Crippen LogP contribution < -0.4 is 5.32 Å². The van der Waals surface area contributed by atoms with E-state index in [0.29, 0.717) is 18.3 Å². The molecular formula is C10H12N2O3S. The maximum absolute atomic E-state index is 11.6. The molecule has 2 rings (SSSR count). The number of esters is 1. The third-order valence-corrected chi connectivity index (χ3v) is 2.92. The summed E-state index contributed by atoms with van der Waals surface area (Å²) in [6, 6.07) is 0.292. The fourth-order valence-electron chi connectivity index (χ4n) is 1.15. The summed E-state index contributed by atoms with van der Waals surface area (Å²) in [6.45, 7) is 2.04. The van der Waals surface area contributed by atoms with Gasteiger partial charge in [-0.2, -0.15) is 0 Å². The Labute approximate surface area is 96.8 Å². The average Bonchev–Trinajstić information content (AvgIpc) is 2.93. The van der Waals surface area contributed by atoms with Crippen LogP contribution in [0.15, 0.2) is 5.38 Å². The summed E-state index contributed by atoms with van der Waals surface area (Å²) in [7, 11) is 0. The second kappa shape index (κ2) is 4.61. The highest BCUT2D eigenvalue weighted by Gasteiger charge is 2.25. The number of aromatic nitrogens is 1. The fourth-order valence-corrected chi connectivity index (χ4v) is 1.84. The highest BCUT2D eigenvalue weighted by Crippen LogP contribution is 2.19. The summed E-state index contributed by atoms with van der Waals surface area (Å²) in [5, 5.41) is 4.61. The van der Waals surface area contributed by atoms with Crippen molar-refractivity contribution in [2.24, 2.45) is 0 Å². The fraction of sp³-hybridized carbons (Fsp3) is 0.500. The molecule has 1 saturated carbocycles. The lowest BCUT2D eigenvalue weighted by molar-refractivity contribution is 0.0526. The molecule has 0 unspecified atom stereocenters. The number of hydrogen-bond acceptors (Lipinski definition) is 5. The first-order valence-electron chi connectivity index (χ1n) is 5.14. The number of rotatable bonds is 4. The minimum absolute atomic E-state index is 0.214. The quantitative estimate of drug-likeness (QED) is 0.803. The Balaban J connectivity index is 2.00. The van der Waals surface area contributed by atoms with Gasteiger partial charge in [-0.1, -0.05) is 0 Å². The van der Waals surface area contributed by atoms with Crippen LogP contribution in [0, 0.1) is 0 Å². The molecule has 5 nitrogen and oxygen atoms in total. The molecule has 0 saturated heterocycles. The zero-order chi connectivity index (χ0) is 11.5. The van der Waals surface area contributed by atoms with Crippen molar-refractivity contribution in [3.05, 3.63) is 16.1 Å². The Morgan fingerprint density at radius 1 is 1.62 bits per heavy atom. The Morgan fingerprint density at radius 2 is 2.38 bits per heavy atom. The van der Waals surface area contributed by atoms with Crippen LogP contribution in [0.3, 0.4) is 0 Å². The Hall–Kier alpha value is -1.43. The van der Waals surface area contributed by atoms with Gasteiger partial charge < -0.3 is 10.1 Å². The van der Waals surface area contributed by atoms with Crippen LogP contribution in [0.5, 0.6) is 0 Å². The van der Waals surface area contributed by atoms with Crippen molar-refractivity contribution < 1.29 is 14.3 Å².